The molecule has 6 nitrogen and oxygen atoms in total. The molecule has 2 rings (SSSR count). The number of nitrogens with one attached hydrogen (secondary N) is 2. The van der Waals surface area contributed by atoms with Crippen LogP contribution < -0.4 is 10.6 Å². The summed E-state index contributed by atoms with van der Waals surface area (Å²) in [4.78, 5) is 12.4. The van der Waals surface area contributed by atoms with E-state index >= 15 is 0 Å². The lowest BCUT2D eigenvalue weighted by molar-refractivity contribution is 0.0924. The number of amides is 1. The van der Waals surface area contributed by atoms with Crippen molar-refractivity contribution in [3.8, 4) is 0 Å². The molecule has 2 unspecified atom stereocenters. The molecule has 0 spiro atoms. The minimum absolute atomic E-state index is 0.0487. The average Bonchev–Trinajstić information content (AvgIpc) is 2.90. The Balaban J connectivity index is 2.17. The molecule has 1 saturated heterocycles. The van der Waals surface area contributed by atoms with Crippen molar-refractivity contribution in [2.75, 3.05) is 19.6 Å². The number of hydrogen-bond donors (Lipinski definition) is 3. The molecule has 1 heterocycles. The third-order valence-electron chi connectivity index (χ3n) is 3.89. The standard InChI is InChI=1S/C15H22N2O4S/c1-10(2)22(20,21)14-6-4-3-5-12(14)15(19)17-8-11-7-16-9-13(11)18/h3-6,10-11,13,16,18H,7-9H2,1-2H3,(H,17,19). The number of rotatable bonds is 5. The summed E-state index contributed by atoms with van der Waals surface area (Å²) in [5.74, 6) is -0.489. The monoisotopic (exact) mass is 326 g/mol. The highest BCUT2D eigenvalue weighted by atomic mass is 32.2. The van der Waals surface area contributed by atoms with Crippen LogP contribution in [0.3, 0.4) is 0 Å². The molecule has 3 N–H and O–H groups in total. The predicted molar refractivity (Wildman–Crippen MR) is 83.5 cm³/mol. The summed E-state index contributed by atoms with van der Waals surface area (Å²) in [5, 5.41) is 14.9. The summed E-state index contributed by atoms with van der Waals surface area (Å²) in [7, 11) is -3.52. The van der Waals surface area contributed by atoms with Gasteiger partial charge in [0.15, 0.2) is 9.84 Å². The van der Waals surface area contributed by atoms with Crippen LogP contribution in [0.2, 0.25) is 0 Å². The Morgan fingerprint density at radius 3 is 2.64 bits per heavy atom. The number of sulfone groups is 1. The fourth-order valence-corrected chi connectivity index (χ4v) is 3.65. The largest absolute Gasteiger partial charge is 0.391 e. The number of carbonyl (C=O) groups is 1. The smallest absolute Gasteiger partial charge is 0.252 e. The maximum atomic E-state index is 12.3. The maximum absolute atomic E-state index is 12.3. The van der Waals surface area contributed by atoms with Crippen LogP contribution in [-0.2, 0) is 9.84 Å². The minimum Gasteiger partial charge on any atom is -0.391 e. The Morgan fingerprint density at radius 1 is 1.36 bits per heavy atom. The lowest BCUT2D eigenvalue weighted by atomic mass is 10.1. The second-order valence-corrected chi connectivity index (χ2v) is 8.26. The van der Waals surface area contributed by atoms with Crippen molar-refractivity contribution in [2.45, 2.75) is 30.1 Å². The van der Waals surface area contributed by atoms with E-state index in [1.165, 1.54) is 12.1 Å². The molecule has 22 heavy (non-hydrogen) atoms. The fourth-order valence-electron chi connectivity index (χ4n) is 2.40. The van der Waals surface area contributed by atoms with Crippen molar-refractivity contribution < 1.29 is 18.3 Å². The van der Waals surface area contributed by atoms with Gasteiger partial charge in [0.05, 0.1) is 21.8 Å². The van der Waals surface area contributed by atoms with Crippen LogP contribution in [0.25, 0.3) is 0 Å². The van der Waals surface area contributed by atoms with Gasteiger partial charge in [-0.25, -0.2) is 8.42 Å². The van der Waals surface area contributed by atoms with Gasteiger partial charge in [-0.2, -0.15) is 0 Å². The molecule has 0 bridgehead atoms. The van der Waals surface area contributed by atoms with E-state index < -0.39 is 27.1 Å². The summed E-state index contributed by atoms with van der Waals surface area (Å²) >= 11 is 0. The third kappa shape index (κ3) is 3.48. The zero-order valence-electron chi connectivity index (χ0n) is 12.7. The lowest BCUT2D eigenvalue weighted by Gasteiger charge is -2.16. The Kier molecular flexibility index (Phi) is 5.20. The highest BCUT2D eigenvalue weighted by molar-refractivity contribution is 7.92. The van der Waals surface area contributed by atoms with Crippen LogP contribution in [0.5, 0.6) is 0 Å². The predicted octanol–water partition coefficient (Wildman–Crippen LogP) is 0.179. The van der Waals surface area contributed by atoms with Crippen LogP contribution in [0.4, 0.5) is 0 Å². The normalized spacial score (nSPS) is 22.0. The van der Waals surface area contributed by atoms with Gasteiger partial charge in [0.1, 0.15) is 0 Å². The van der Waals surface area contributed by atoms with Crippen molar-refractivity contribution in [1.29, 1.82) is 0 Å². The Morgan fingerprint density at radius 2 is 2.05 bits per heavy atom. The first kappa shape index (κ1) is 16.9. The molecule has 0 radical (unpaired) electrons. The minimum atomic E-state index is -3.52. The first-order valence-electron chi connectivity index (χ1n) is 7.34. The van der Waals surface area contributed by atoms with E-state index in [4.69, 9.17) is 0 Å². The fraction of sp³-hybridized carbons (Fsp3) is 0.533. The molecule has 1 aromatic carbocycles. The van der Waals surface area contributed by atoms with Gasteiger partial charge in [-0.3, -0.25) is 4.79 Å². The van der Waals surface area contributed by atoms with Gasteiger partial charge >= 0.3 is 0 Å². The molecule has 1 aromatic rings. The summed E-state index contributed by atoms with van der Waals surface area (Å²) in [6.45, 7) is 4.63. The number of benzene rings is 1. The van der Waals surface area contributed by atoms with E-state index in [2.05, 4.69) is 10.6 Å². The number of hydrogen-bond acceptors (Lipinski definition) is 5. The van der Waals surface area contributed by atoms with E-state index in [-0.39, 0.29) is 16.4 Å². The Bertz CT molecular complexity index is 643. The van der Waals surface area contributed by atoms with Gasteiger partial charge in [-0.15, -0.1) is 0 Å². The summed E-state index contributed by atoms with van der Waals surface area (Å²) in [6, 6.07) is 6.21. The van der Waals surface area contributed by atoms with E-state index in [1.54, 1.807) is 26.0 Å². The maximum Gasteiger partial charge on any atom is 0.252 e. The SMILES string of the molecule is CC(C)S(=O)(=O)c1ccccc1C(=O)NCC1CNCC1O. The van der Waals surface area contributed by atoms with Crippen LogP contribution in [0.15, 0.2) is 29.2 Å². The van der Waals surface area contributed by atoms with Crippen LogP contribution >= 0.6 is 0 Å². The summed E-state index contributed by atoms with van der Waals surface area (Å²) in [6.07, 6.45) is -0.491. The highest BCUT2D eigenvalue weighted by Gasteiger charge is 2.27. The number of aliphatic hydroxyl groups is 1. The van der Waals surface area contributed by atoms with Crippen molar-refractivity contribution in [3.05, 3.63) is 29.8 Å². The molecular weight excluding hydrogens is 304 g/mol. The van der Waals surface area contributed by atoms with E-state index in [1.807, 2.05) is 0 Å². The molecule has 0 aromatic heterocycles. The molecule has 7 heteroatoms. The zero-order chi connectivity index (χ0) is 16.3. The number of aliphatic hydroxyl groups excluding tert-OH is 1. The van der Waals surface area contributed by atoms with Gasteiger partial charge in [-0.1, -0.05) is 12.1 Å². The molecule has 0 saturated carbocycles. The van der Waals surface area contributed by atoms with E-state index in [9.17, 15) is 18.3 Å². The summed E-state index contributed by atoms with van der Waals surface area (Å²) < 4.78 is 24.7. The highest BCUT2D eigenvalue weighted by Crippen LogP contribution is 2.20. The van der Waals surface area contributed by atoms with Gasteiger partial charge in [0.25, 0.3) is 5.91 Å². The molecule has 1 aliphatic heterocycles. The molecule has 0 aliphatic carbocycles. The van der Waals surface area contributed by atoms with E-state index in [0.29, 0.717) is 19.6 Å². The van der Waals surface area contributed by atoms with Gasteiger partial charge in [0, 0.05) is 25.6 Å². The van der Waals surface area contributed by atoms with Crippen LogP contribution in [-0.4, -0.2) is 50.4 Å². The molecule has 1 fully saturated rings. The second-order valence-electron chi connectivity index (χ2n) is 5.79. The van der Waals surface area contributed by atoms with Gasteiger partial charge in [-0.05, 0) is 26.0 Å². The number of β-amino-alcohol motifs (C(OH)–C–C–N with tert-alkyl or cyclic N) is 1. The zero-order valence-corrected chi connectivity index (χ0v) is 13.6. The van der Waals surface area contributed by atoms with Crippen molar-refractivity contribution >= 4 is 15.7 Å². The second kappa shape index (κ2) is 6.76. The van der Waals surface area contributed by atoms with E-state index in [0.717, 1.165) is 0 Å². The van der Waals surface area contributed by atoms with Gasteiger partial charge in [0.2, 0.25) is 0 Å². The van der Waals surface area contributed by atoms with Crippen molar-refractivity contribution in [1.82, 2.24) is 10.6 Å². The van der Waals surface area contributed by atoms with Gasteiger partial charge < -0.3 is 15.7 Å². The lowest BCUT2D eigenvalue weighted by Crippen LogP contribution is -2.35. The van der Waals surface area contributed by atoms with Crippen LogP contribution in [0.1, 0.15) is 24.2 Å². The summed E-state index contributed by atoms with van der Waals surface area (Å²) in [5.41, 5.74) is 0.150. The molecular formula is C15H22N2O4S. The molecule has 1 amide bonds. The van der Waals surface area contributed by atoms with Crippen molar-refractivity contribution in [3.63, 3.8) is 0 Å². The molecule has 2 atom stereocenters. The van der Waals surface area contributed by atoms with Crippen LogP contribution in [0, 0.1) is 5.92 Å². The third-order valence-corrected chi connectivity index (χ3v) is 6.10. The Labute approximate surface area is 130 Å². The Hall–Kier alpha value is -1.44. The molecule has 122 valence electrons. The first-order valence-corrected chi connectivity index (χ1v) is 8.88. The molecule has 1 aliphatic rings. The number of carbonyl (C=O) groups excluding carboxylic acids is 1. The topological polar surface area (TPSA) is 95.5 Å². The average molecular weight is 326 g/mol. The van der Waals surface area contributed by atoms with Crippen molar-refractivity contribution in [2.24, 2.45) is 5.92 Å². The quantitative estimate of drug-likeness (QED) is 0.717. The first-order chi connectivity index (χ1) is 10.3.